The van der Waals surface area contributed by atoms with Gasteiger partial charge in [-0.25, -0.2) is 4.79 Å². The van der Waals surface area contributed by atoms with Gasteiger partial charge in [-0.3, -0.25) is 14.5 Å². The van der Waals surface area contributed by atoms with Gasteiger partial charge in [-0.05, 0) is 63.1 Å². The van der Waals surface area contributed by atoms with E-state index < -0.39 is 23.2 Å². The molecule has 0 aromatic heterocycles. The Labute approximate surface area is 267 Å². The molecule has 0 bridgehead atoms. The Morgan fingerprint density at radius 3 is 1.91 bits per heavy atom. The second-order valence-electron chi connectivity index (χ2n) is 13.4. The summed E-state index contributed by atoms with van der Waals surface area (Å²) in [5.41, 5.74) is 1.51. The van der Waals surface area contributed by atoms with Crippen molar-refractivity contribution < 1.29 is 19.1 Å². The number of piperidine rings is 1. The highest BCUT2D eigenvalue weighted by Gasteiger charge is 2.54. The second-order valence-corrected chi connectivity index (χ2v) is 13.4. The van der Waals surface area contributed by atoms with E-state index in [9.17, 15) is 14.4 Å². The largest absolute Gasteiger partial charge is 0.445 e. The number of alkyl carbamates (subject to hydrolysis) is 1. The average molecular weight is 611 g/mol. The molecule has 238 valence electrons. The highest BCUT2D eigenvalue weighted by Crippen LogP contribution is 2.40. The quantitative estimate of drug-likeness (QED) is 0.301. The zero-order valence-electron chi connectivity index (χ0n) is 26.7. The van der Waals surface area contributed by atoms with Gasteiger partial charge in [0.25, 0.3) is 0 Å². The van der Waals surface area contributed by atoms with E-state index in [0.717, 1.165) is 30.5 Å². The summed E-state index contributed by atoms with van der Waals surface area (Å²) >= 11 is 0. The van der Waals surface area contributed by atoms with Crippen molar-refractivity contribution in [3.63, 3.8) is 0 Å². The number of benzene rings is 3. The number of carbonyl (C=O) groups excluding carboxylic acids is 3. The Kier molecular flexibility index (Phi) is 10.2. The van der Waals surface area contributed by atoms with Crippen LogP contribution >= 0.6 is 0 Å². The lowest BCUT2D eigenvalue weighted by atomic mass is 9.82. The number of hydrogen-bond acceptors (Lipinski definition) is 5. The van der Waals surface area contributed by atoms with Crippen molar-refractivity contribution in [3.8, 4) is 0 Å². The van der Waals surface area contributed by atoms with Crippen molar-refractivity contribution in [2.45, 2.75) is 89.2 Å². The molecule has 1 saturated carbocycles. The maximum absolute atomic E-state index is 14.7. The zero-order chi connectivity index (χ0) is 31.9. The molecule has 0 radical (unpaired) electrons. The lowest BCUT2D eigenvalue weighted by Crippen LogP contribution is -2.69. The number of likely N-dealkylation sites (tertiary alicyclic amines) is 1. The van der Waals surface area contributed by atoms with Crippen LogP contribution in [0.25, 0.3) is 0 Å². The number of nitrogens with one attached hydrogen (secondary N) is 2. The first-order chi connectivity index (χ1) is 21.6. The van der Waals surface area contributed by atoms with E-state index in [-0.39, 0.29) is 24.5 Å². The van der Waals surface area contributed by atoms with Gasteiger partial charge in [-0.1, -0.05) is 91.0 Å². The highest BCUT2D eigenvalue weighted by molar-refractivity contribution is 5.95. The molecule has 5 rings (SSSR count). The van der Waals surface area contributed by atoms with Crippen LogP contribution in [-0.2, 0) is 33.9 Å². The van der Waals surface area contributed by atoms with Crippen molar-refractivity contribution in [2.24, 2.45) is 0 Å². The Morgan fingerprint density at radius 2 is 1.38 bits per heavy atom. The van der Waals surface area contributed by atoms with E-state index in [1.165, 1.54) is 5.56 Å². The highest BCUT2D eigenvalue weighted by atomic mass is 16.5. The topological polar surface area (TPSA) is 91.0 Å². The third kappa shape index (κ3) is 8.72. The maximum atomic E-state index is 14.7. The van der Waals surface area contributed by atoms with Crippen molar-refractivity contribution in [1.82, 2.24) is 20.4 Å². The van der Waals surface area contributed by atoms with Crippen LogP contribution in [0.5, 0.6) is 0 Å². The molecule has 1 aliphatic heterocycles. The summed E-state index contributed by atoms with van der Waals surface area (Å²) in [5, 5.41) is 6.11. The summed E-state index contributed by atoms with van der Waals surface area (Å²) in [5.74, 6) is -0.363. The molecule has 1 saturated heterocycles. The molecule has 0 spiro atoms. The van der Waals surface area contributed by atoms with E-state index >= 15 is 0 Å². The van der Waals surface area contributed by atoms with Gasteiger partial charge in [-0.15, -0.1) is 0 Å². The predicted octanol–water partition coefficient (Wildman–Crippen LogP) is 5.46. The molecule has 3 amide bonds. The molecule has 1 heterocycles. The van der Waals surface area contributed by atoms with Crippen molar-refractivity contribution in [1.29, 1.82) is 0 Å². The Morgan fingerprint density at radius 1 is 0.844 bits per heavy atom. The van der Waals surface area contributed by atoms with Crippen LogP contribution in [0.3, 0.4) is 0 Å². The molecule has 8 nitrogen and oxygen atoms in total. The average Bonchev–Trinajstić information content (AvgIpc) is 3.86. The first kappa shape index (κ1) is 32.2. The summed E-state index contributed by atoms with van der Waals surface area (Å²) in [6.45, 7) is 8.15. The van der Waals surface area contributed by atoms with Crippen LogP contribution in [0.1, 0.15) is 63.1 Å². The standard InChI is InChI=1S/C37H46N4O4/c1-36(2,3)39-34(43)37(21-23-40(24-22-37)26-29-15-9-5-10-16-29)41(31-19-20-31)33(42)32(25-28-13-7-4-8-14-28)38-35(44)45-27-30-17-11-6-12-18-30/h4-18,31-32H,19-27H2,1-3H3,(H,38,44)(H,39,43)/t32-/m0/s1. The molecule has 1 atom stereocenters. The van der Waals surface area contributed by atoms with Crippen LogP contribution < -0.4 is 10.6 Å². The van der Waals surface area contributed by atoms with E-state index in [4.69, 9.17) is 4.74 Å². The van der Waals surface area contributed by atoms with Gasteiger partial charge in [0, 0.05) is 37.6 Å². The van der Waals surface area contributed by atoms with Crippen LogP contribution in [0, 0.1) is 0 Å². The third-order valence-corrected chi connectivity index (χ3v) is 8.54. The number of amides is 3. The molecule has 0 unspecified atom stereocenters. The van der Waals surface area contributed by atoms with Crippen LogP contribution in [0.4, 0.5) is 4.79 Å². The SMILES string of the molecule is CC(C)(C)NC(=O)C1(N(C(=O)[C@H](Cc2ccccc2)NC(=O)OCc2ccccc2)C2CC2)CCN(Cc2ccccc2)CC1. The molecular formula is C37H46N4O4. The van der Waals surface area contributed by atoms with E-state index in [0.29, 0.717) is 32.4 Å². The first-order valence-electron chi connectivity index (χ1n) is 16.1. The summed E-state index contributed by atoms with van der Waals surface area (Å²) in [6, 6.07) is 28.5. The van der Waals surface area contributed by atoms with Crippen LogP contribution in [0.2, 0.25) is 0 Å². The fourth-order valence-electron chi connectivity index (χ4n) is 6.15. The minimum atomic E-state index is -1.02. The normalized spacial score (nSPS) is 17.1. The number of ether oxygens (including phenoxy) is 1. The minimum absolute atomic E-state index is 0.0516. The number of nitrogens with zero attached hydrogens (tertiary/aromatic N) is 2. The van der Waals surface area contributed by atoms with Gasteiger partial charge < -0.3 is 20.3 Å². The monoisotopic (exact) mass is 610 g/mol. The molecule has 2 fully saturated rings. The minimum Gasteiger partial charge on any atom is -0.445 e. The summed E-state index contributed by atoms with van der Waals surface area (Å²) in [4.78, 5) is 46.4. The number of carbonyl (C=O) groups is 3. The maximum Gasteiger partial charge on any atom is 0.408 e. The Hall–Kier alpha value is -4.17. The number of rotatable bonds is 11. The van der Waals surface area contributed by atoms with Gasteiger partial charge in [0.2, 0.25) is 11.8 Å². The van der Waals surface area contributed by atoms with E-state index in [2.05, 4.69) is 27.7 Å². The lowest BCUT2D eigenvalue weighted by Gasteiger charge is -2.49. The predicted molar refractivity (Wildman–Crippen MR) is 175 cm³/mol. The fourth-order valence-corrected chi connectivity index (χ4v) is 6.15. The summed E-state index contributed by atoms with van der Waals surface area (Å²) in [7, 11) is 0. The van der Waals surface area contributed by atoms with Gasteiger partial charge >= 0.3 is 6.09 Å². The molecule has 1 aliphatic carbocycles. The second kappa shape index (κ2) is 14.3. The van der Waals surface area contributed by atoms with Crippen molar-refractivity contribution >= 4 is 17.9 Å². The molecule has 45 heavy (non-hydrogen) atoms. The van der Waals surface area contributed by atoms with E-state index in [1.807, 2.05) is 105 Å². The Balaban J connectivity index is 1.40. The fraction of sp³-hybridized carbons (Fsp3) is 0.432. The first-order valence-corrected chi connectivity index (χ1v) is 16.1. The van der Waals surface area contributed by atoms with E-state index in [1.54, 1.807) is 0 Å². The van der Waals surface area contributed by atoms with Gasteiger partial charge in [0.1, 0.15) is 18.2 Å². The molecule has 8 heteroatoms. The zero-order valence-corrected chi connectivity index (χ0v) is 26.7. The Bertz CT molecular complexity index is 1410. The van der Waals surface area contributed by atoms with Crippen molar-refractivity contribution in [3.05, 3.63) is 108 Å². The van der Waals surface area contributed by atoms with Crippen LogP contribution in [-0.4, -0.2) is 64.0 Å². The van der Waals surface area contributed by atoms with Gasteiger partial charge in [-0.2, -0.15) is 0 Å². The van der Waals surface area contributed by atoms with Gasteiger partial charge in [0.05, 0.1) is 0 Å². The molecular weight excluding hydrogens is 564 g/mol. The van der Waals surface area contributed by atoms with Gasteiger partial charge in [0.15, 0.2) is 0 Å². The number of hydrogen-bond donors (Lipinski definition) is 2. The summed E-state index contributed by atoms with van der Waals surface area (Å²) < 4.78 is 5.55. The smallest absolute Gasteiger partial charge is 0.408 e. The lowest BCUT2D eigenvalue weighted by molar-refractivity contribution is -0.155. The molecule has 2 aliphatic rings. The van der Waals surface area contributed by atoms with Crippen molar-refractivity contribution in [2.75, 3.05) is 13.1 Å². The molecule has 3 aromatic carbocycles. The third-order valence-electron chi connectivity index (χ3n) is 8.54. The molecule has 3 aromatic rings. The van der Waals surface area contributed by atoms with Crippen LogP contribution in [0.15, 0.2) is 91.0 Å². The summed E-state index contributed by atoms with van der Waals surface area (Å²) in [6.07, 6.45) is 2.33. The molecule has 2 N–H and O–H groups in total.